The zero-order valence-electron chi connectivity index (χ0n) is 19.4. The second kappa shape index (κ2) is 13.1. The first-order valence-corrected chi connectivity index (χ1v) is 10.6. The van der Waals surface area contributed by atoms with Crippen LogP contribution in [0.4, 0.5) is 38.1 Å². The van der Waals surface area contributed by atoms with Gasteiger partial charge in [-0.15, -0.1) is 0 Å². The Kier molecular flexibility index (Phi) is 11.2. The van der Waals surface area contributed by atoms with Crippen LogP contribution in [0.2, 0.25) is 0 Å². The number of hydrogen-bond donors (Lipinski definition) is 4. The van der Waals surface area contributed by atoms with Crippen LogP contribution in [-0.2, 0) is 9.59 Å². The van der Waals surface area contributed by atoms with E-state index in [-0.39, 0.29) is 0 Å². The largest absolute Gasteiger partial charge is 0.490 e. The van der Waals surface area contributed by atoms with Crippen molar-refractivity contribution in [1.82, 2.24) is 9.97 Å². The van der Waals surface area contributed by atoms with Gasteiger partial charge < -0.3 is 26.2 Å². The number of nitrogens with zero attached hydrogens (tertiary/aromatic N) is 3. The number of carbonyl (C=O) groups is 2. The Labute approximate surface area is 202 Å². The van der Waals surface area contributed by atoms with Crippen molar-refractivity contribution in [3.63, 3.8) is 0 Å². The SMILES string of the molecule is CN(C)c1nc(NC2CCC(CN)CC2)nc2ccccc12.O=C(O)C(F)(F)F.O=C(O)C(F)(F)F. The molecule has 202 valence electrons. The van der Waals surface area contributed by atoms with Crippen LogP contribution in [0.1, 0.15) is 25.7 Å². The number of benzene rings is 1. The molecule has 1 fully saturated rings. The van der Waals surface area contributed by atoms with Gasteiger partial charge in [0.05, 0.1) is 5.52 Å². The Morgan fingerprint density at radius 1 is 0.972 bits per heavy atom. The maximum absolute atomic E-state index is 10.6. The Balaban J connectivity index is 0.000000383. The number of fused-ring (bicyclic) bond motifs is 1. The highest BCUT2D eigenvalue weighted by molar-refractivity contribution is 5.90. The summed E-state index contributed by atoms with van der Waals surface area (Å²) in [4.78, 5) is 29.2. The normalized spacial score (nSPS) is 17.7. The number of aromatic nitrogens is 2. The Hall–Kier alpha value is -3.36. The lowest BCUT2D eigenvalue weighted by molar-refractivity contribution is -0.193. The summed E-state index contributed by atoms with van der Waals surface area (Å²) in [5, 5.41) is 18.9. The Bertz CT molecular complexity index is 984. The molecule has 0 bridgehead atoms. The smallest absolute Gasteiger partial charge is 0.475 e. The minimum absolute atomic E-state index is 0.457. The molecule has 1 heterocycles. The molecule has 1 aliphatic rings. The minimum Gasteiger partial charge on any atom is -0.475 e. The first-order valence-electron chi connectivity index (χ1n) is 10.6. The van der Waals surface area contributed by atoms with Crippen molar-refractivity contribution in [1.29, 1.82) is 0 Å². The molecule has 1 aromatic heterocycles. The van der Waals surface area contributed by atoms with E-state index < -0.39 is 24.3 Å². The minimum atomic E-state index is -5.08. The van der Waals surface area contributed by atoms with Gasteiger partial charge in [0.1, 0.15) is 5.82 Å². The highest BCUT2D eigenvalue weighted by Crippen LogP contribution is 2.27. The number of rotatable bonds is 4. The van der Waals surface area contributed by atoms with Gasteiger partial charge in [-0.05, 0) is 50.3 Å². The molecule has 0 saturated heterocycles. The van der Waals surface area contributed by atoms with Crippen LogP contribution in [0, 0.1) is 5.92 Å². The number of para-hydroxylation sites is 1. The fourth-order valence-electron chi connectivity index (χ4n) is 3.19. The van der Waals surface area contributed by atoms with E-state index in [9.17, 15) is 26.3 Å². The van der Waals surface area contributed by atoms with E-state index in [0.717, 1.165) is 42.1 Å². The van der Waals surface area contributed by atoms with E-state index in [0.29, 0.717) is 12.0 Å². The number of carboxylic acid groups (broad SMARTS) is 2. The third-order valence-corrected chi connectivity index (χ3v) is 5.01. The molecule has 1 aliphatic carbocycles. The van der Waals surface area contributed by atoms with E-state index in [1.165, 1.54) is 12.8 Å². The van der Waals surface area contributed by atoms with Crippen LogP contribution < -0.4 is 16.0 Å². The summed E-state index contributed by atoms with van der Waals surface area (Å²) in [5.74, 6) is -3.13. The van der Waals surface area contributed by atoms with Crippen LogP contribution in [-0.4, -0.2) is 71.2 Å². The Morgan fingerprint density at radius 3 is 1.86 bits per heavy atom. The second-order valence-corrected chi connectivity index (χ2v) is 7.99. The Morgan fingerprint density at radius 2 is 1.44 bits per heavy atom. The van der Waals surface area contributed by atoms with Gasteiger partial charge in [0.25, 0.3) is 0 Å². The molecule has 36 heavy (non-hydrogen) atoms. The van der Waals surface area contributed by atoms with Crippen LogP contribution in [0.15, 0.2) is 24.3 Å². The van der Waals surface area contributed by atoms with Crippen LogP contribution >= 0.6 is 0 Å². The number of alkyl halides is 6. The van der Waals surface area contributed by atoms with Crippen molar-refractivity contribution in [3.05, 3.63) is 24.3 Å². The third-order valence-electron chi connectivity index (χ3n) is 5.01. The van der Waals surface area contributed by atoms with E-state index in [2.05, 4.69) is 16.4 Å². The summed E-state index contributed by atoms with van der Waals surface area (Å²) in [7, 11) is 4.04. The zero-order valence-corrected chi connectivity index (χ0v) is 19.4. The number of aliphatic carboxylic acids is 2. The lowest BCUT2D eigenvalue weighted by Gasteiger charge is -2.28. The maximum atomic E-state index is 10.6. The lowest BCUT2D eigenvalue weighted by atomic mass is 9.86. The van der Waals surface area contributed by atoms with Gasteiger partial charge in [-0.2, -0.15) is 31.3 Å². The third kappa shape index (κ3) is 10.1. The van der Waals surface area contributed by atoms with Crippen molar-refractivity contribution in [3.8, 4) is 0 Å². The standard InChI is InChI=1S/C17H25N5.2C2HF3O2/c1-22(2)16-14-5-3-4-6-15(14)20-17(21-16)19-13-9-7-12(11-18)8-10-13;2*3-2(4,5)1(6)7/h3-6,12-13H,7-11,18H2,1-2H3,(H,19,20,21);2*(H,6,7). The van der Waals surface area contributed by atoms with Crippen molar-refractivity contribution < 1.29 is 46.1 Å². The van der Waals surface area contributed by atoms with E-state index >= 15 is 0 Å². The molecule has 1 aromatic carbocycles. The maximum Gasteiger partial charge on any atom is 0.490 e. The molecule has 0 unspecified atom stereocenters. The molecular formula is C21H27F6N5O4. The van der Waals surface area contributed by atoms with Gasteiger partial charge in [-0.3, -0.25) is 0 Å². The average molecular weight is 527 g/mol. The van der Waals surface area contributed by atoms with E-state index in [1.807, 2.05) is 37.2 Å². The van der Waals surface area contributed by atoms with Crippen molar-refractivity contribution in [2.75, 3.05) is 30.9 Å². The summed E-state index contributed by atoms with van der Waals surface area (Å²) in [6.07, 6.45) is -5.48. The number of carboxylic acids is 2. The predicted molar refractivity (Wildman–Crippen MR) is 120 cm³/mol. The molecule has 5 N–H and O–H groups in total. The van der Waals surface area contributed by atoms with Gasteiger partial charge in [0.2, 0.25) is 5.95 Å². The van der Waals surface area contributed by atoms with Crippen LogP contribution in [0.3, 0.4) is 0 Å². The molecule has 0 spiro atoms. The van der Waals surface area contributed by atoms with Gasteiger partial charge in [0, 0.05) is 25.5 Å². The molecule has 0 amide bonds. The summed E-state index contributed by atoms with van der Waals surface area (Å²) < 4.78 is 63.5. The molecule has 1 saturated carbocycles. The number of halogens is 6. The van der Waals surface area contributed by atoms with Gasteiger partial charge in [-0.1, -0.05) is 12.1 Å². The molecule has 0 radical (unpaired) electrons. The highest BCUT2D eigenvalue weighted by Gasteiger charge is 2.38. The average Bonchev–Trinajstić information content (AvgIpc) is 2.78. The van der Waals surface area contributed by atoms with E-state index in [4.69, 9.17) is 30.5 Å². The van der Waals surface area contributed by atoms with Gasteiger partial charge in [-0.25, -0.2) is 14.6 Å². The predicted octanol–water partition coefficient (Wildman–Crippen LogP) is 3.89. The molecule has 9 nitrogen and oxygen atoms in total. The summed E-state index contributed by atoms with van der Waals surface area (Å²) in [6.45, 7) is 0.809. The quantitative estimate of drug-likeness (QED) is 0.436. The summed E-state index contributed by atoms with van der Waals surface area (Å²) >= 11 is 0. The number of anilines is 2. The van der Waals surface area contributed by atoms with Gasteiger partial charge >= 0.3 is 24.3 Å². The van der Waals surface area contributed by atoms with Crippen molar-refractivity contribution in [2.45, 2.75) is 44.1 Å². The molecule has 0 aliphatic heterocycles. The molecular weight excluding hydrogens is 500 g/mol. The molecule has 2 aromatic rings. The molecule has 0 atom stereocenters. The second-order valence-electron chi connectivity index (χ2n) is 7.99. The van der Waals surface area contributed by atoms with Gasteiger partial charge in [0.15, 0.2) is 0 Å². The van der Waals surface area contributed by atoms with Crippen LogP contribution in [0.25, 0.3) is 10.9 Å². The first kappa shape index (κ1) is 30.7. The van der Waals surface area contributed by atoms with E-state index in [1.54, 1.807) is 0 Å². The lowest BCUT2D eigenvalue weighted by Crippen LogP contribution is -2.30. The highest BCUT2D eigenvalue weighted by atomic mass is 19.4. The number of hydrogen-bond acceptors (Lipinski definition) is 7. The molecule has 3 rings (SSSR count). The monoisotopic (exact) mass is 527 g/mol. The summed E-state index contributed by atoms with van der Waals surface area (Å²) in [6, 6.07) is 8.62. The number of nitrogens with one attached hydrogen (secondary N) is 1. The van der Waals surface area contributed by atoms with Crippen molar-refractivity contribution in [2.24, 2.45) is 11.7 Å². The number of nitrogens with two attached hydrogens (primary N) is 1. The fourth-order valence-corrected chi connectivity index (χ4v) is 3.19. The first-order chi connectivity index (χ1) is 16.6. The zero-order chi connectivity index (χ0) is 27.7. The fraction of sp³-hybridized carbons (Fsp3) is 0.524. The summed E-state index contributed by atoms with van der Waals surface area (Å²) in [5.41, 5.74) is 6.75. The topological polar surface area (TPSA) is 142 Å². The van der Waals surface area contributed by atoms with Crippen molar-refractivity contribution >= 4 is 34.6 Å². The molecule has 15 heteroatoms. The van der Waals surface area contributed by atoms with Crippen LogP contribution in [0.5, 0.6) is 0 Å².